The first-order valence-electron chi connectivity index (χ1n) is 11.3. The second-order valence-corrected chi connectivity index (χ2v) is 8.40. The molecule has 1 aromatic heterocycles. The van der Waals surface area contributed by atoms with Gasteiger partial charge in [-0.15, -0.1) is 10.2 Å². The summed E-state index contributed by atoms with van der Waals surface area (Å²) in [6, 6.07) is 21.7. The van der Waals surface area contributed by atoms with Crippen LogP contribution in [0.2, 0.25) is 0 Å². The molecule has 4 aromatic rings. The Labute approximate surface area is 187 Å². The predicted octanol–water partition coefficient (Wildman–Crippen LogP) is 5.26. The molecular weight excluding hydrogens is 398 g/mol. The highest BCUT2D eigenvalue weighted by Gasteiger charge is 2.17. The average Bonchev–Trinajstić information content (AvgIpc) is 3.07. The maximum atomic E-state index is 12.8. The first-order chi connectivity index (χ1) is 15.7. The Morgan fingerprint density at radius 2 is 1.78 bits per heavy atom. The van der Waals surface area contributed by atoms with Crippen LogP contribution in [-0.2, 0) is 17.8 Å². The van der Waals surface area contributed by atoms with Gasteiger partial charge in [0.2, 0.25) is 5.91 Å². The first-order valence-corrected chi connectivity index (χ1v) is 11.3. The molecule has 1 aliphatic heterocycles. The van der Waals surface area contributed by atoms with Crippen LogP contribution in [0.25, 0.3) is 22.2 Å². The molecule has 0 radical (unpaired) electrons. The fourth-order valence-corrected chi connectivity index (χ4v) is 4.28. The lowest BCUT2D eigenvalue weighted by Gasteiger charge is -2.16. The fraction of sp³-hybridized carbons (Fsp3) is 0.269. The van der Waals surface area contributed by atoms with Crippen LogP contribution in [0.5, 0.6) is 0 Å². The second-order valence-electron chi connectivity index (χ2n) is 8.40. The molecule has 32 heavy (non-hydrogen) atoms. The maximum Gasteiger partial charge on any atom is 0.246 e. The summed E-state index contributed by atoms with van der Waals surface area (Å²) >= 11 is 0. The number of nitrogens with zero attached hydrogens (tertiary/aromatic N) is 3. The van der Waals surface area contributed by atoms with Crippen molar-refractivity contribution in [1.82, 2.24) is 14.8 Å². The third kappa shape index (κ3) is 4.21. The maximum absolute atomic E-state index is 12.8. The summed E-state index contributed by atoms with van der Waals surface area (Å²) in [4.78, 5) is 12.8. The molecule has 6 nitrogen and oxygen atoms in total. The highest BCUT2D eigenvalue weighted by molar-refractivity contribution is 5.98. The molecule has 1 aliphatic rings. The van der Waals surface area contributed by atoms with Crippen LogP contribution in [0.1, 0.15) is 32.0 Å². The zero-order valence-corrected chi connectivity index (χ0v) is 18.2. The van der Waals surface area contributed by atoms with Gasteiger partial charge in [0.15, 0.2) is 5.82 Å². The summed E-state index contributed by atoms with van der Waals surface area (Å²) < 4.78 is 2.24. The topological polar surface area (TPSA) is 71.8 Å². The van der Waals surface area contributed by atoms with Gasteiger partial charge in [0.1, 0.15) is 11.9 Å². The van der Waals surface area contributed by atoms with Crippen molar-refractivity contribution < 1.29 is 4.79 Å². The molecule has 1 amide bonds. The minimum absolute atomic E-state index is 0.0815. The fourth-order valence-electron chi connectivity index (χ4n) is 4.28. The zero-order valence-electron chi connectivity index (χ0n) is 18.2. The van der Waals surface area contributed by atoms with Crippen molar-refractivity contribution in [3.63, 3.8) is 0 Å². The summed E-state index contributed by atoms with van der Waals surface area (Å²) in [5, 5.41) is 17.5. The summed E-state index contributed by atoms with van der Waals surface area (Å²) in [5.74, 6) is 1.89. The quantitative estimate of drug-likeness (QED) is 0.457. The van der Waals surface area contributed by atoms with Crippen LogP contribution in [0, 0.1) is 0 Å². The monoisotopic (exact) mass is 425 g/mol. The largest absolute Gasteiger partial charge is 0.374 e. The Balaban J connectivity index is 1.29. The highest BCUT2D eigenvalue weighted by atomic mass is 16.2. The Morgan fingerprint density at radius 3 is 2.69 bits per heavy atom. The minimum atomic E-state index is -0.396. The molecule has 5 rings (SSSR count). The minimum Gasteiger partial charge on any atom is -0.374 e. The van der Waals surface area contributed by atoms with Gasteiger partial charge < -0.3 is 15.2 Å². The normalized spacial score (nSPS) is 14.4. The number of hydrogen-bond acceptors (Lipinski definition) is 4. The third-order valence-corrected chi connectivity index (χ3v) is 6.02. The van der Waals surface area contributed by atoms with E-state index in [-0.39, 0.29) is 5.91 Å². The van der Waals surface area contributed by atoms with Crippen molar-refractivity contribution in [1.29, 1.82) is 0 Å². The van der Waals surface area contributed by atoms with Crippen LogP contribution in [0.3, 0.4) is 0 Å². The van der Waals surface area contributed by atoms with Gasteiger partial charge in [-0.1, -0.05) is 48.9 Å². The van der Waals surface area contributed by atoms with Gasteiger partial charge in [-0.3, -0.25) is 4.79 Å². The van der Waals surface area contributed by atoms with Gasteiger partial charge in [-0.2, -0.15) is 0 Å². The SMILES string of the molecule is C[C@@H](Nc1cccc(-c2nnc3n2CCCCC3)c1)C(=O)Nc1ccc2ccccc2c1. The van der Waals surface area contributed by atoms with Crippen molar-refractivity contribution in [3.05, 3.63) is 72.6 Å². The van der Waals surface area contributed by atoms with Gasteiger partial charge in [0.05, 0.1) is 0 Å². The lowest BCUT2D eigenvalue weighted by atomic mass is 10.1. The van der Waals surface area contributed by atoms with Crippen molar-refractivity contribution in [2.75, 3.05) is 10.6 Å². The number of amides is 1. The molecular formula is C26H27N5O. The molecule has 162 valence electrons. The molecule has 2 N–H and O–H groups in total. The molecule has 0 aliphatic carbocycles. The second kappa shape index (κ2) is 8.83. The lowest BCUT2D eigenvalue weighted by Crippen LogP contribution is -2.31. The average molecular weight is 426 g/mol. The molecule has 0 bridgehead atoms. The Bertz CT molecular complexity index is 1260. The number of fused-ring (bicyclic) bond motifs is 2. The number of anilines is 2. The standard InChI is InChI=1S/C26H27N5O/c1-18(26(32)28-23-14-13-19-8-4-5-9-20(19)16-23)27-22-11-7-10-21(17-22)25-30-29-24-12-3-2-6-15-31(24)25/h4-5,7-11,13-14,16-18,27H,2-3,6,12,15H2,1H3,(H,28,32)/t18-/m1/s1. The predicted molar refractivity (Wildman–Crippen MR) is 129 cm³/mol. The van der Waals surface area contributed by atoms with E-state index < -0.39 is 6.04 Å². The van der Waals surface area contributed by atoms with Crippen LogP contribution in [0.15, 0.2) is 66.7 Å². The molecule has 6 heteroatoms. The number of aryl methyl sites for hydroxylation is 1. The molecule has 1 atom stereocenters. The Morgan fingerprint density at radius 1 is 0.906 bits per heavy atom. The Kier molecular flexibility index (Phi) is 5.58. The molecule has 0 spiro atoms. The molecule has 0 unspecified atom stereocenters. The smallest absolute Gasteiger partial charge is 0.246 e. The van der Waals surface area contributed by atoms with Crippen LogP contribution >= 0.6 is 0 Å². The van der Waals surface area contributed by atoms with E-state index in [0.717, 1.165) is 58.7 Å². The molecule has 2 heterocycles. The third-order valence-electron chi connectivity index (χ3n) is 6.02. The van der Waals surface area contributed by atoms with Gasteiger partial charge >= 0.3 is 0 Å². The summed E-state index contributed by atoms with van der Waals surface area (Å²) in [6.45, 7) is 2.83. The van der Waals surface area contributed by atoms with Crippen LogP contribution < -0.4 is 10.6 Å². The van der Waals surface area contributed by atoms with E-state index in [2.05, 4.69) is 31.5 Å². The van der Waals surface area contributed by atoms with Gasteiger partial charge in [-0.25, -0.2) is 0 Å². The Hall–Kier alpha value is -3.67. The summed E-state index contributed by atoms with van der Waals surface area (Å²) in [7, 11) is 0. The van der Waals surface area contributed by atoms with E-state index in [9.17, 15) is 4.79 Å². The number of carbonyl (C=O) groups excluding carboxylic acids is 1. The molecule has 0 saturated heterocycles. The number of aromatic nitrogens is 3. The number of carbonyl (C=O) groups is 1. The van der Waals surface area contributed by atoms with E-state index in [4.69, 9.17) is 0 Å². The first kappa shape index (κ1) is 20.2. The van der Waals surface area contributed by atoms with E-state index in [1.807, 2.05) is 67.6 Å². The molecule has 3 aromatic carbocycles. The van der Waals surface area contributed by atoms with Crippen molar-refractivity contribution in [2.24, 2.45) is 0 Å². The number of nitrogens with one attached hydrogen (secondary N) is 2. The highest BCUT2D eigenvalue weighted by Crippen LogP contribution is 2.25. The van der Waals surface area contributed by atoms with Gasteiger partial charge in [0, 0.05) is 29.9 Å². The van der Waals surface area contributed by atoms with Crippen molar-refractivity contribution in [3.8, 4) is 11.4 Å². The number of hydrogen-bond donors (Lipinski definition) is 2. The zero-order chi connectivity index (χ0) is 21.9. The summed E-state index contributed by atoms with van der Waals surface area (Å²) in [5.41, 5.74) is 2.69. The van der Waals surface area contributed by atoms with Crippen LogP contribution in [-0.4, -0.2) is 26.7 Å². The number of rotatable bonds is 5. The summed E-state index contributed by atoms with van der Waals surface area (Å²) in [6.07, 6.45) is 4.54. The van der Waals surface area contributed by atoms with Crippen LogP contribution in [0.4, 0.5) is 11.4 Å². The number of benzene rings is 3. The van der Waals surface area contributed by atoms with Crippen molar-refractivity contribution in [2.45, 2.75) is 45.2 Å². The van der Waals surface area contributed by atoms with E-state index in [1.165, 1.54) is 12.8 Å². The lowest BCUT2D eigenvalue weighted by molar-refractivity contribution is -0.116. The van der Waals surface area contributed by atoms with Gasteiger partial charge in [-0.05, 0) is 54.8 Å². The molecule has 0 saturated carbocycles. The van der Waals surface area contributed by atoms with E-state index >= 15 is 0 Å². The van der Waals surface area contributed by atoms with Crippen molar-refractivity contribution >= 4 is 28.1 Å². The molecule has 0 fully saturated rings. The van der Waals surface area contributed by atoms with E-state index in [0.29, 0.717) is 0 Å². The van der Waals surface area contributed by atoms with Gasteiger partial charge in [0.25, 0.3) is 0 Å². The van der Waals surface area contributed by atoms with E-state index in [1.54, 1.807) is 0 Å².